The Morgan fingerprint density at radius 2 is 2.24 bits per heavy atom. The summed E-state index contributed by atoms with van der Waals surface area (Å²) in [6.07, 6.45) is -0.652. The summed E-state index contributed by atoms with van der Waals surface area (Å²) in [4.78, 5) is 8.22. The van der Waals surface area contributed by atoms with Gasteiger partial charge in [-0.25, -0.2) is 18.7 Å². The molecule has 0 saturated carbocycles. The summed E-state index contributed by atoms with van der Waals surface area (Å²) in [6, 6.07) is 1.57. The third-order valence-corrected chi connectivity index (χ3v) is 3.75. The first-order valence-corrected chi connectivity index (χ1v) is 7.15. The molecule has 3 heterocycles. The summed E-state index contributed by atoms with van der Waals surface area (Å²) in [7, 11) is 1.68. The standard InChI is InChI=1S/C13H15ClF2N4O/c1-17-7-6-8(14)18-12-10(7)19-13(11(15)16)20(12)9-4-2-3-5-21-9/h6,9,11H,2-5H2,1H3,(H,17,18). The topological polar surface area (TPSA) is 52.0 Å². The largest absolute Gasteiger partial charge is 0.386 e. The number of hydrogen-bond acceptors (Lipinski definition) is 4. The average molecular weight is 317 g/mol. The van der Waals surface area contributed by atoms with Crippen molar-refractivity contribution in [3.8, 4) is 0 Å². The number of halogens is 3. The second-order valence-electron chi connectivity index (χ2n) is 4.88. The Hall–Kier alpha value is -1.47. The molecule has 21 heavy (non-hydrogen) atoms. The summed E-state index contributed by atoms with van der Waals surface area (Å²) in [6.45, 7) is 0.548. The lowest BCUT2D eigenvalue weighted by molar-refractivity contribution is -0.0363. The molecule has 1 aliphatic heterocycles. The number of imidazole rings is 1. The lowest BCUT2D eigenvalue weighted by Crippen LogP contribution is -2.20. The summed E-state index contributed by atoms with van der Waals surface area (Å²) >= 11 is 5.98. The molecule has 1 N–H and O–H groups in total. The Bertz CT molecular complexity index is 655. The minimum atomic E-state index is -2.70. The predicted octanol–water partition coefficient (Wildman–Crippen LogP) is 3.76. The van der Waals surface area contributed by atoms with E-state index in [2.05, 4.69) is 15.3 Å². The van der Waals surface area contributed by atoms with Crippen molar-refractivity contribution in [3.05, 3.63) is 17.0 Å². The SMILES string of the molecule is CNc1cc(Cl)nc2c1nc(C(F)F)n2C1CCCCO1. The van der Waals surface area contributed by atoms with Gasteiger partial charge in [-0.2, -0.15) is 0 Å². The highest BCUT2D eigenvalue weighted by atomic mass is 35.5. The summed E-state index contributed by atoms with van der Waals surface area (Å²) in [5.74, 6) is -0.330. The maximum absolute atomic E-state index is 13.3. The fraction of sp³-hybridized carbons (Fsp3) is 0.538. The van der Waals surface area contributed by atoms with Crippen LogP contribution < -0.4 is 5.32 Å². The number of fused-ring (bicyclic) bond motifs is 1. The smallest absolute Gasteiger partial charge is 0.295 e. The van der Waals surface area contributed by atoms with Crippen LogP contribution in [0.3, 0.4) is 0 Å². The molecule has 1 saturated heterocycles. The van der Waals surface area contributed by atoms with Crippen molar-refractivity contribution >= 4 is 28.5 Å². The molecule has 8 heteroatoms. The van der Waals surface area contributed by atoms with E-state index < -0.39 is 12.7 Å². The number of anilines is 1. The molecule has 0 aliphatic carbocycles. The molecule has 0 bridgehead atoms. The lowest BCUT2D eigenvalue weighted by atomic mass is 10.2. The van der Waals surface area contributed by atoms with E-state index in [0.717, 1.165) is 12.8 Å². The quantitative estimate of drug-likeness (QED) is 0.876. The van der Waals surface area contributed by atoms with Gasteiger partial charge in [-0.15, -0.1) is 0 Å². The molecule has 5 nitrogen and oxygen atoms in total. The predicted molar refractivity (Wildman–Crippen MR) is 75.9 cm³/mol. The Kier molecular flexibility index (Phi) is 3.95. The van der Waals surface area contributed by atoms with E-state index in [1.54, 1.807) is 13.1 Å². The molecule has 0 aromatic carbocycles. The van der Waals surface area contributed by atoms with Crippen LogP contribution in [-0.4, -0.2) is 28.2 Å². The van der Waals surface area contributed by atoms with Crippen LogP contribution in [-0.2, 0) is 4.74 Å². The molecule has 0 spiro atoms. The first-order chi connectivity index (χ1) is 10.1. The first-order valence-electron chi connectivity index (χ1n) is 6.77. The number of ether oxygens (including phenoxy) is 1. The van der Waals surface area contributed by atoms with Gasteiger partial charge in [-0.1, -0.05) is 11.6 Å². The average Bonchev–Trinajstić information content (AvgIpc) is 2.86. The number of nitrogens with one attached hydrogen (secondary N) is 1. The van der Waals surface area contributed by atoms with E-state index in [0.29, 0.717) is 29.9 Å². The lowest BCUT2D eigenvalue weighted by Gasteiger charge is -2.25. The molecule has 1 atom stereocenters. The molecule has 0 amide bonds. The zero-order valence-electron chi connectivity index (χ0n) is 11.4. The Morgan fingerprint density at radius 3 is 2.86 bits per heavy atom. The minimum Gasteiger partial charge on any atom is -0.386 e. The van der Waals surface area contributed by atoms with Crippen LogP contribution in [0.15, 0.2) is 6.07 Å². The molecular weight excluding hydrogens is 302 g/mol. The Labute approximate surface area is 125 Å². The highest BCUT2D eigenvalue weighted by Crippen LogP contribution is 2.34. The molecule has 0 radical (unpaired) electrons. The third kappa shape index (κ3) is 2.55. The summed E-state index contributed by atoms with van der Waals surface area (Å²) < 4.78 is 33.7. The maximum atomic E-state index is 13.3. The molecule has 3 rings (SSSR count). The van der Waals surface area contributed by atoms with Gasteiger partial charge in [0.05, 0.1) is 5.69 Å². The van der Waals surface area contributed by atoms with Crippen LogP contribution in [0.2, 0.25) is 5.15 Å². The molecule has 2 aromatic heterocycles. The number of pyridine rings is 1. The number of aromatic nitrogens is 3. The second kappa shape index (κ2) is 5.73. The molecule has 1 unspecified atom stereocenters. The van der Waals surface area contributed by atoms with Gasteiger partial charge in [0, 0.05) is 19.7 Å². The van der Waals surface area contributed by atoms with Gasteiger partial charge in [0.25, 0.3) is 6.43 Å². The van der Waals surface area contributed by atoms with Crippen LogP contribution in [0, 0.1) is 0 Å². The highest BCUT2D eigenvalue weighted by Gasteiger charge is 2.28. The third-order valence-electron chi connectivity index (χ3n) is 3.55. The van der Waals surface area contributed by atoms with Crippen LogP contribution in [0.1, 0.15) is 37.7 Å². The van der Waals surface area contributed by atoms with Crippen LogP contribution in [0.25, 0.3) is 11.2 Å². The van der Waals surface area contributed by atoms with Crippen LogP contribution >= 0.6 is 11.6 Å². The van der Waals surface area contributed by atoms with E-state index in [9.17, 15) is 8.78 Å². The number of hydrogen-bond donors (Lipinski definition) is 1. The Morgan fingerprint density at radius 1 is 1.43 bits per heavy atom. The fourth-order valence-corrected chi connectivity index (χ4v) is 2.79. The number of nitrogens with zero attached hydrogens (tertiary/aromatic N) is 3. The maximum Gasteiger partial charge on any atom is 0.295 e. The molecule has 2 aromatic rings. The van der Waals surface area contributed by atoms with Gasteiger partial charge in [0.15, 0.2) is 11.5 Å². The zero-order chi connectivity index (χ0) is 15.0. The molecule has 1 aliphatic rings. The highest BCUT2D eigenvalue weighted by molar-refractivity contribution is 6.30. The van der Waals surface area contributed by atoms with E-state index in [1.165, 1.54) is 4.57 Å². The van der Waals surface area contributed by atoms with Crippen molar-refractivity contribution in [1.82, 2.24) is 14.5 Å². The fourth-order valence-electron chi connectivity index (χ4n) is 2.61. The normalized spacial score (nSPS) is 19.4. The van der Waals surface area contributed by atoms with Crippen LogP contribution in [0.5, 0.6) is 0 Å². The molecule has 114 valence electrons. The van der Waals surface area contributed by atoms with Gasteiger partial charge in [0.2, 0.25) is 0 Å². The van der Waals surface area contributed by atoms with Crippen molar-refractivity contribution in [2.75, 3.05) is 19.0 Å². The van der Waals surface area contributed by atoms with E-state index in [-0.39, 0.29) is 11.0 Å². The van der Waals surface area contributed by atoms with E-state index in [1.807, 2.05) is 0 Å². The number of alkyl halides is 2. The summed E-state index contributed by atoms with van der Waals surface area (Å²) in [5.41, 5.74) is 1.28. The summed E-state index contributed by atoms with van der Waals surface area (Å²) in [5, 5.41) is 3.13. The minimum absolute atomic E-state index is 0.227. The van der Waals surface area contributed by atoms with E-state index >= 15 is 0 Å². The van der Waals surface area contributed by atoms with E-state index in [4.69, 9.17) is 16.3 Å². The van der Waals surface area contributed by atoms with Gasteiger partial charge >= 0.3 is 0 Å². The van der Waals surface area contributed by atoms with Crippen molar-refractivity contribution in [3.63, 3.8) is 0 Å². The van der Waals surface area contributed by atoms with Crippen molar-refractivity contribution in [2.45, 2.75) is 31.9 Å². The first kappa shape index (κ1) is 14.5. The Balaban J connectivity index is 2.23. The second-order valence-corrected chi connectivity index (χ2v) is 5.26. The van der Waals surface area contributed by atoms with Crippen molar-refractivity contribution in [2.24, 2.45) is 0 Å². The van der Waals surface area contributed by atoms with Crippen LogP contribution in [0.4, 0.5) is 14.5 Å². The van der Waals surface area contributed by atoms with Gasteiger partial charge in [-0.05, 0) is 19.3 Å². The van der Waals surface area contributed by atoms with Gasteiger partial charge in [0.1, 0.15) is 16.9 Å². The monoisotopic (exact) mass is 316 g/mol. The van der Waals surface area contributed by atoms with Gasteiger partial charge < -0.3 is 10.1 Å². The van der Waals surface area contributed by atoms with Gasteiger partial charge in [-0.3, -0.25) is 4.57 Å². The molecular formula is C13H15ClF2N4O. The molecule has 1 fully saturated rings. The zero-order valence-corrected chi connectivity index (χ0v) is 12.2. The van der Waals surface area contributed by atoms with Crippen molar-refractivity contribution < 1.29 is 13.5 Å². The number of rotatable bonds is 3. The van der Waals surface area contributed by atoms with Crippen molar-refractivity contribution in [1.29, 1.82) is 0 Å².